The summed E-state index contributed by atoms with van der Waals surface area (Å²) < 4.78 is 11.0. The Labute approximate surface area is 283 Å². The largest absolute Gasteiger partial charge is 0.457 e. The molecule has 0 aliphatic carbocycles. The topological polar surface area (TPSA) is 44.9 Å². The van der Waals surface area contributed by atoms with Gasteiger partial charge >= 0.3 is 0 Å². The second-order valence-electron chi connectivity index (χ2n) is 13.1. The second kappa shape index (κ2) is 13.9. The lowest BCUT2D eigenvalue weighted by molar-refractivity contribution is 0.482. The van der Waals surface area contributed by atoms with Crippen molar-refractivity contribution < 1.29 is 4.74 Å². The molecule has 5 heteroatoms. The van der Waals surface area contributed by atoms with Crippen molar-refractivity contribution in [3.63, 3.8) is 0 Å². The number of nitrogens with zero attached hydrogens (tertiary/aromatic N) is 4. The Morgan fingerprint density at radius 2 is 1.48 bits per heavy atom. The van der Waals surface area contributed by atoms with Gasteiger partial charge in [-0.1, -0.05) is 101 Å². The molecule has 3 heterocycles. The molecule has 4 aromatic carbocycles. The smallest absolute Gasteiger partial charge is 0.137 e. The molecule has 48 heavy (non-hydrogen) atoms. The van der Waals surface area contributed by atoms with E-state index in [1.54, 1.807) is 0 Å². The summed E-state index contributed by atoms with van der Waals surface area (Å²) in [6.07, 6.45) is 9.03. The molecule has 0 spiro atoms. The van der Waals surface area contributed by atoms with Crippen LogP contribution in [0.5, 0.6) is 11.5 Å². The van der Waals surface area contributed by atoms with Gasteiger partial charge < -0.3 is 4.74 Å². The molecule has 5 nitrogen and oxygen atoms in total. The van der Waals surface area contributed by atoms with Crippen molar-refractivity contribution >= 4 is 21.8 Å². The molecule has 0 radical (unpaired) electrons. The first kappa shape index (κ1) is 31.4. The molecule has 0 bridgehead atoms. The molecular formula is C43H44N4O. The molecule has 7 aromatic rings. The Hall–Kier alpha value is -5.16. The minimum absolute atomic E-state index is 0.293. The van der Waals surface area contributed by atoms with Gasteiger partial charge in [-0.25, -0.2) is 9.67 Å². The van der Waals surface area contributed by atoms with Crippen LogP contribution in [0.25, 0.3) is 44.4 Å². The van der Waals surface area contributed by atoms with Crippen molar-refractivity contribution in [3.05, 3.63) is 132 Å². The van der Waals surface area contributed by atoms with E-state index in [1.807, 2.05) is 18.3 Å². The second-order valence-corrected chi connectivity index (χ2v) is 13.1. The predicted molar refractivity (Wildman–Crippen MR) is 199 cm³/mol. The molecule has 3 aromatic heterocycles. The lowest BCUT2D eigenvalue weighted by atomic mass is 9.95. The van der Waals surface area contributed by atoms with Crippen molar-refractivity contribution in [2.24, 2.45) is 0 Å². The highest BCUT2D eigenvalue weighted by molar-refractivity contribution is 6.09. The molecule has 0 saturated heterocycles. The van der Waals surface area contributed by atoms with Crippen molar-refractivity contribution in [1.82, 2.24) is 19.3 Å². The highest BCUT2D eigenvalue weighted by Gasteiger charge is 2.22. The van der Waals surface area contributed by atoms with Gasteiger partial charge in [0.05, 0.1) is 28.1 Å². The SMILES string of the molecule is CCCCCCCc1c(-c2ccccc2)c(C(C)C)nn1-c1cccc(Oc2ccc3c4ccccc4n(-c4cc(C)ccn4)c3c2)c1. The monoisotopic (exact) mass is 632 g/mol. The average molecular weight is 633 g/mol. The van der Waals surface area contributed by atoms with Gasteiger partial charge in [0.25, 0.3) is 0 Å². The Kier molecular flexibility index (Phi) is 9.11. The van der Waals surface area contributed by atoms with E-state index in [0.717, 1.165) is 52.6 Å². The third kappa shape index (κ3) is 6.25. The van der Waals surface area contributed by atoms with E-state index in [9.17, 15) is 0 Å². The van der Waals surface area contributed by atoms with Gasteiger partial charge in [0.1, 0.15) is 17.3 Å². The zero-order valence-corrected chi connectivity index (χ0v) is 28.5. The lowest BCUT2D eigenvalue weighted by Crippen LogP contribution is -2.04. The van der Waals surface area contributed by atoms with Gasteiger partial charge in [-0.3, -0.25) is 4.57 Å². The number of hydrogen-bond acceptors (Lipinski definition) is 3. The van der Waals surface area contributed by atoms with Gasteiger partial charge in [0.15, 0.2) is 0 Å². The van der Waals surface area contributed by atoms with E-state index in [-0.39, 0.29) is 0 Å². The van der Waals surface area contributed by atoms with Crippen molar-refractivity contribution in [2.45, 2.75) is 72.1 Å². The minimum atomic E-state index is 0.293. The number of aromatic nitrogens is 4. The van der Waals surface area contributed by atoms with Crippen LogP contribution in [-0.4, -0.2) is 19.3 Å². The number of unbranched alkanes of at least 4 members (excludes halogenated alkanes) is 4. The molecule has 0 unspecified atom stereocenters. The van der Waals surface area contributed by atoms with Crippen molar-refractivity contribution in [3.8, 4) is 34.1 Å². The lowest BCUT2D eigenvalue weighted by Gasteiger charge is -2.13. The third-order valence-electron chi connectivity index (χ3n) is 9.21. The van der Waals surface area contributed by atoms with Crippen molar-refractivity contribution in [2.75, 3.05) is 0 Å². The van der Waals surface area contributed by atoms with Gasteiger partial charge in [-0.2, -0.15) is 5.10 Å². The number of pyridine rings is 1. The summed E-state index contributed by atoms with van der Waals surface area (Å²) in [6, 6.07) is 38.2. The molecule has 242 valence electrons. The van der Waals surface area contributed by atoms with Gasteiger partial charge in [-0.15, -0.1) is 0 Å². The summed E-state index contributed by atoms with van der Waals surface area (Å²) >= 11 is 0. The summed E-state index contributed by atoms with van der Waals surface area (Å²) in [5, 5.41) is 7.65. The number of hydrogen-bond donors (Lipinski definition) is 0. The van der Waals surface area contributed by atoms with Crippen LogP contribution in [0, 0.1) is 6.92 Å². The molecule has 0 fully saturated rings. The van der Waals surface area contributed by atoms with E-state index in [4.69, 9.17) is 14.8 Å². The highest BCUT2D eigenvalue weighted by Crippen LogP contribution is 2.37. The predicted octanol–water partition coefficient (Wildman–Crippen LogP) is 11.8. The first-order valence-corrected chi connectivity index (χ1v) is 17.4. The Balaban J connectivity index is 1.28. The zero-order chi connectivity index (χ0) is 33.0. The molecule has 0 aliphatic heterocycles. The number of fused-ring (bicyclic) bond motifs is 3. The molecule has 7 rings (SSSR count). The van der Waals surface area contributed by atoms with Crippen molar-refractivity contribution in [1.29, 1.82) is 0 Å². The fourth-order valence-electron chi connectivity index (χ4n) is 6.85. The van der Waals surface area contributed by atoms with E-state index in [2.05, 4.69) is 134 Å². The normalized spacial score (nSPS) is 11.6. The number of aryl methyl sites for hydroxylation is 1. The van der Waals surface area contributed by atoms with Crippen LogP contribution in [0.2, 0.25) is 0 Å². The van der Waals surface area contributed by atoms with Crippen LogP contribution >= 0.6 is 0 Å². The summed E-state index contributed by atoms with van der Waals surface area (Å²) in [4.78, 5) is 4.74. The van der Waals surface area contributed by atoms with Crippen LogP contribution < -0.4 is 4.74 Å². The maximum Gasteiger partial charge on any atom is 0.137 e. The average Bonchev–Trinajstić information content (AvgIpc) is 3.65. The Morgan fingerprint density at radius 1 is 0.708 bits per heavy atom. The van der Waals surface area contributed by atoms with E-state index in [1.165, 1.54) is 58.8 Å². The molecule has 0 atom stereocenters. The number of ether oxygens (including phenoxy) is 1. The summed E-state index contributed by atoms with van der Waals surface area (Å²) in [5.74, 6) is 2.75. The minimum Gasteiger partial charge on any atom is -0.457 e. The fraction of sp³-hybridized carbons (Fsp3) is 0.256. The molecule has 0 aliphatic rings. The zero-order valence-electron chi connectivity index (χ0n) is 28.5. The van der Waals surface area contributed by atoms with E-state index in [0.29, 0.717) is 5.92 Å². The third-order valence-corrected chi connectivity index (χ3v) is 9.21. The first-order valence-electron chi connectivity index (χ1n) is 17.4. The van der Waals surface area contributed by atoms with Crippen LogP contribution in [0.4, 0.5) is 0 Å². The highest BCUT2D eigenvalue weighted by atomic mass is 16.5. The molecule has 0 N–H and O–H groups in total. The fourth-order valence-corrected chi connectivity index (χ4v) is 6.85. The van der Waals surface area contributed by atoms with E-state index >= 15 is 0 Å². The summed E-state index contributed by atoms with van der Waals surface area (Å²) in [7, 11) is 0. The van der Waals surface area contributed by atoms with Crippen LogP contribution in [-0.2, 0) is 6.42 Å². The standard InChI is InChI=1S/C43H44N4O/c1-5-6-7-8-12-22-39-42(32-16-10-9-11-17-32)43(30(2)3)45-47(39)33-18-15-19-34(28-33)48-35-23-24-37-36-20-13-14-21-38(36)46(40(37)29-35)41-27-31(4)25-26-44-41/h9-11,13-21,23-30H,5-8,12,22H2,1-4H3. The molecule has 0 saturated carbocycles. The quantitative estimate of drug-likeness (QED) is 0.126. The van der Waals surface area contributed by atoms with E-state index < -0.39 is 0 Å². The van der Waals surface area contributed by atoms with Gasteiger partial charge in [0, 0.05) is 34.7 Å². The first-order chi connectivity index (χ1) is 23.5. The maximum absolute atomic E-state index is 6.62. The van der Waals surface area contributed by atoms with Crippen LogP contribution in [0.1, 0.15) is 75.7 Å². The Morgan fingerprint density at radius 3 is 2.29 bits per heavy atom. The van der Waals surface area contributed by atoms with Crippen LogP contribution in [0.15, 0.2) is 115 Å². The number of para-hydroxylation sites is 1. The van der Waals surface area contributed by atoms with Gasteiger partial charge in [0.2, 0.25) is 0 Å². The molecule has 0 amide bonds. The van der Waals surface area contributed by atoms with Gasteiger partial charge in [-0.05, 0) is 79.3 Å². The van der Waals surface area contributed by atoms with Crippen LogP contribution in [0.3, 0.4) is 0 Å². The summed E-state index contributed by atoms with van der Waals surface area (Å²) in [5.41, 5.74) is 9.29. The number of benzene rings is 4. The molecular weight excluding hydrogens is 589 g/mol. The number of rotatable bonds is 12. The summed E-state index contributed by atoms with van der Waals surface area (Å²) in [6.45, 7) is 8.85. The maximum atomic E-state index is 6.62. The Bertz CT molecular complexity index is 2170.